The minimum absolute atomic E-state index is 0.544. The molecule has 5 heteroatoms. The SMILES string of the molecule is c1cn(CCNC2CCCC2C2COCCN2)cn1. The Morgan fingerprint density at radius 3 is 3.21 bits per heavy atom. The molecule has 0 radical (unpaired) electrons. The van der Waals surface area contributed by atoms with E-state index in [2.05, 4.69) is 20.2 Å². The van der Waals surface area contributed by atoms with Gasteiger partial charge in [-0.3, -0.25) is 0 Å². The summed E-state index contributed by atoms with van der Waals surface area (Å²) >= 11 is 0. The fraction of sp³-hybridized carbons (Fsp3) is 0.786. The maximum atomic E-state index is 5.60. The fourth-order valence-corrected chi connectivity index (χ4v) is 3.38. The van der Waals surface area contributed by atoms with Crippen LogP contribution < -0.4 is 10.6 Å². The third kappa shape index (κ3) is 3.35. The van der Waals surface area contributed by atoms with Gasteiger partial charge in [-0.1, -0.05) is 6.42 Å². The van der Waals surface area contributed by atoms with E-state index in [4.69, 9.17) is 4.74 Å². The lowest BCUT2D eigenvalue weighted by Gasteiger charge is -2.33. The molecule has 1 saturated heterocycles. The van der Waals surface area contributed by atoms with Gasteiger partial charge in [0.05, 0.1) is 19.5 Å². The lowest BCUT2D eigenvalue weighted by molar-refractivity contribution is 0.0525. The van der Waals surface area contributed by atoms with Crippen LogP contribution in [-0.4, -0.2) is 47.9 Å². The number of nitrogens with one attached hydrogen (secondary N) is 2. The van der Waals surface area contributed by atoms with Crippen molar-refractivity contribution in [2.24, 2.45) is 5.92 Å². The van der Waals surface area contributed by atoms with E-state index in [0.29, 0.717) is 12.1 Å². The van der Waals surface area contributed by atoms with Crippen LogP contribution in [0.1, 0.15) is 19.3 Å². The minimum Gasteiger partial charge on any atom is -0.379 e. The van der Waals surface area contributed by atoms with Crippen LogP contribution in [0, 0.1) is 5.92 Å². The van der Waals surface area contributed by atoms with E-state index >= 15 is 0 Å². The molecule has 1 saturated carbocycles. The van der Waals surface area contributed by atoms with Crippen molar-refractivity contribution in [3.05, 3.63) is 18.7 Å². The molecule has 106 valence electrons. The van der Waals surface area contributed by atoms with Gasteiger partial charge in [0.1, 0.15) is 0 Å². The van der Waals surface area contributed by atoms with Crippen LogP contribution in [0.2, 0.25) is 0 Å². The monoisotopic (exact) mass is 264 g/mol. The second kappa shape index (κ2) is 6.50. The van der Waals surface area contributed by atoms with Gasteiger partial charge in [-0.2, -0.15) is 0 Å². The molecular formula is C14H24N4O. The van der Waals surface area contributed by atoms with E-state index in [9.17, 15) is 0 Å². The largest absolute Gasteiger partial charge is 0.379 e. The third-order valence-electron chi connectivity index (χ3n) is 4.37. The van der Waals surface area contributed by atoms with Crippen molar-refractivity contribution >= 4 is 0 Å². The van der Waals surface area contributed by atoms with Crippen molar-refractivity contribution in [2.45, 2.75) is 37.9 Å². The summed E-state index contributed by atoms with van der Waals surface area (Å²) in [4.78, 5) is 4.07. The molecule has 5 nitrogen and oxygen atoms in total. The number of aromatic nitrogens is 2. The van der Waals surface area contributed by atoms with Gasteiger partial charge in [0, 0.05) is 44.1 Å². The van der Waals surface area contributed by atoms with Crippen LogP contribution in [0.5, 0.6) is 0 Å². The predicted octanol–water partition coefficient (Wildman–Crippen LogP) is 0.630. The van der Waals surface area contributed by atoms with Gasteiger partial charge >= 0.3 is 0 Å². The average molecular weight is 264 g/mol. The Morgan fingerprint density at radius 1 is 1.42 bits per heavy atom. The lowest BCUT2D eigenvalue weighted by Crippen LogP contribution is -2.51. The summed E-state index contributed by atoms with van der Waals surface area (Å²) in [5.41, 5.74) is 0. The van der Waals surface area contributed by atoms with Gasteiger partial charge in [-0.25, -0.2) is 4.98 Å². The molecule has 3 atom stereocenters. The van der Waals surface area contributed by atoms with E-state index in [1.807, 2.05) is 18.7 Å². The first-order valence-electron chi connectivity index (χ1n) is 7.44. The summed E-state index contributed by atoms with van der Waals surface area (Å²) in [6.07, 6.45) is 9.69. The maximum absolute atomic E-state index is 5.60. The number of hydrogen-bond acceptors (Lipinski definition) is 4. The number of hydrogen-bond donors (Lipinski definition) is 2. The van der Waals surface area contributed by atoms with Crippen LogP contribution in [0.25, 0.3) is 0 Å². The zero-order valence-corrected chi connectivity index (χ0v) is 11.4. The normalized spacial score (nSPS) is 31.7. The maximum Gasteiger partial charge on any atom is 0.0946 e. The second-order valence-electron chi connectivity index (χ2n) is 5.59. The molecule has 3 unspecified atom stereocenters. The standard InChI is InChI=1S/C14H24N4O/c1-2-12(14-10-19-9-6-17-14)13(3-1)16-5-8-18-7-4-15-11-18/h4,7,11-14,16-17H,1-3,5-6,8-10H2. The Balaban J connectivity index is 1.46. The topological polar surface area (TPSA) is 51.1 Å². The Kier molecular flexibility index (Phi) is 4.48. The highest BCUT2D eigenvalue weighted by atomic mass is 16.5. The van der Waals surface area contributed by atoms with Crippen molar-refractivity contribution in [2.75, 3.05) is 26.3 Å². The molecule has 1 aliphatic heterocycles. The molecule has 3 rings (SSSR count). The molecule has 2 fully saturated rings. The first kappa shape index (κ1) is 13.1. The Bertz CT molecular complexity index is 362. The fourth-order valence-electron chi connectivity index (χ4n) is 3.38. The molecule has 2 aliphatic rings. The first-order valence-corrected chi connectivity index (χ1v) is 7.44. The highest BCUT2D eigenvalue weighted by Gasteiger charge is 2.34. The third-order valence-corrected chi connectivity index (χ3v) is 4.37. The minimum atomic E-state index is 0.544. The number of nitrogens with zero attached hydrogens (tertiary/aromatic N) is 2. The van der Waals surface area contributed by atoms with Gasteiger partial charge < -0.3 is 19.9 Å². The number of ether oxygens (including phenoxy) is 1. The first-order chi connectivity index (χ1) is 9.43. The van der Waals surface area contributed by atoms with Crippen LogP contribution in [0.15, 0.2) is 18.7 Å². The molecule has 1 aromatic heterocycles. The van der Waals surface area contributed by atoms with Gasteiger partial charge in [-0.15, -0.1) is 0 Å². The van der Waals surface area contributed by atoms with E-state index < -0.39 is 0 Å². The van der Waals surface area contributed by atoms with Gasteiger partial charge in [0.25, 0.3) is 0 Å². The molecule has 19 heavy (non-hydrogen) atoms. The van der Waals surface area contributed by atoms with Gasteiger partial charge in [0.2, 0.25) is 0 Å². The summed E-state index contributed by atoms with van der Waals surface area (Å²) in [6.45, 7) is 4.76. The summed E-state index contributed by atoms with van der Waals surface area (Å²) in [5, 5.41) is 7.34. The van der Waals surface area contributed by atoms with Crippen molar-refractivity contribution < 1.29 is 4.74 Å². The smallest absolute Gasteiger partial charge is 0.0946 e. The number of morpholine rings is 1. The molecule has 0 spiro atoms. The molecule has 0 aromatic carbocycles. The summed E-state index contributed by atoms with van der Waals surface area (Å²) < 4.78 is 7.73. The van der Waals surface area contributed by atoms with E-state index in [1.165, 1.54) is 19.3 Å². The molecule has 2 N–H and O–H groups in total. The molecule has 1 aromatic rings. The molecule has 1 aliphatic carbocycles. The summed E-state index contributed by atoms with van der Waals surface area (Å²) in [5.74, 6) is 0.725. The predicted molar refractivity (Wildman–Crippen MR) is 74.0 cm³/mol. The highest BCUT2D eigenvalue weighted by Crippen LogP contribution is 2.29. The van der Waals surface area contributed by atoms with Crippen LogP contribution >= 0.6 is 0 Å². The molecule has 0 amide bonds. The van der Waals surface area contributed by atoms with E-state index in [0.717, 1.165) is 38.8 Å². The Labute approximate surface area is 114 Å². The summed E-state index contributed by atoms with van der Waals surface area (Å²) in [7, 11) is 0. The zero-order chi connectivity index (χ0) is 12.9. The van der Waals surface area contributed by atoms with Crippen LogP contribution in [-0.2, 0) is 11.3 Å². The quantitative estimate of drug-likeness (QED) is 0.819. The zero-order valence-electron chi connectivity index (χ0n) is 11.4. The molecule has 2 heterocycles. The van der Waals surface area contributed by atoms with E-state index in [-0.39, 0.29) is 0 Å². The summed E-state index contributed by atoms with van der Waals surface area (Å²) in [6, 6.07) is 1.18. The van der Waals surface area contributed by atoms with Gasteiger partial charge in [-0.05, 0) is 18.8 Å². The Hall–Kier alpha value is -0.910. The number of imidazole rings is 1. The van der Waals surface area contributed by atoms with Crippen molar-refractivity contribution in [3.63, 3.8) is 0 Å². The van der Waals surface area contributed by atoms with E-state index in [1.54, 1.807) is 0 Å². The van der Waals surface area contributed by atoms with Gasteiger partial charge in [0.15, 0.2) is 0 Å². The second-order valence-corrected chi connectivity index (χ2v) is 5.59. The van der Waals surface area contributed by atoms with Crippen molar-refractivity contribution in [1.82, 2.24) is 20.2 Å². The van der Waals surface area contributed by atoms with Crippen molar-refractivity contribution in [1.29, 1.82) is 0 Å². The number of rotatable bonds is 5. The molecule has 0 bridgehead atoms. The lowest BCUT2D eigenvalue weighted by atomic mass is 9.94. The highest BCUT2D eigenvalue weighted by molar-refractivity contribution is 4.92. The Morgan fingerprint density at radius 2 is 2.42 bits per heavy atom. The van der Waals surface area contributed by atoms with Crippen LogP contribution in [0.3, 0.4) is 0 Å². The van der Waals surface area contributed by atoms with Crippen LogP contribution in [0.4, 0.5) is 0 Å². The van der Waals surface area contributed by atoms with Crippen molar-refractivity contribution in [3.8, 4) is 0 Å². The molecular weight excluding hydrogens is 240 g/mol. The average Bonchev–Trinajstić information content (AvgIpc) is 3.11.